The van der Waals surface area contributed by atoms with E-state index in [0.29, 0.717) is 0 Å². The van der Waals surface area contributed by atoms with Gasteiger partial charge in [-0.2, -0.15) is 4.37 Å². The summed E-state index contributed by atoms with van der Waals surface area (Å²) in [6.07, 6.45) is 0. The minimum atomic E-state index is 0.120. The smallest absolute Gasteiger partial charge is 0.0858 e. The molecule has 0 spiro atoms. The summed E-state index contributed by atoms with van der Waals surface area (Å²) in [5.74, 6) is 0. The van der Waals surface area contributed by atoms with Crippen LogP contribution in [-0.2, 0) is 6.54 Å². The standard InChI is InChI=1S/C14H17ClN2S/c1-14(2,3)16-9-10-8-13(17-18-10)11-6-4-5-7-12(11)15/h4-8,16H,9H2,1-3H3. The maximum Gasteiger partial charge on any atom is 0.0858 e. The van der Waals surface area contributed by atoms with E-state index < -0.39 is 0 Å². The third-order valence-electron chi connectivity index (χ3n) is 2.50. The van der Waals surface area contributed by atoms with Crippen molar-refractivity contribution >= 4 is 23.1 Å². The molecular formula is C14H17ClN2S. The van der Waals surface area contributed by atoms with Gasteiger partial charge < -0.3 is 5.32 Å². The van der Waals surface area contributed by atoms with Gasteiger partial charge in [0.15, 0.2) is 0 Å². The molecule has 0 amide bonds. The molecule has 18 heavy (non-hydrogen) atoms. The van der Waals surface area contributed by atoms with Crippen LogP contribution >= 0.6 is 23.1 Å². The Kier molecular flexibility index (Phi) is 4.05. The highest BCUT2D eigenvalue weighted by Crippen LogP contribution is 2.28. The highest BCUT2D eigenvalue weighted by molar-refractivity contribution is 7.06. The Labute approximate surface area is 117 Å². The molecule has 96 valence electrons. The lowest BCUT2D eigenvalue weighted by Gasteiger charge is -2.19. The Morgan fingerprint density at radius 1 is 1.28 bits per heavy atom. The molecule has 1 aromatic carbocycles. The quantitative estimate of drug-likeness (QED) is 0.904. The topological polar surface area (TPSA) is 24.9 Å². The van der Waals surface area contributed by atoms with E-state index in [2.05, 4.69) is 36.5 Å². The van der Waals surface area contributed by atoms with E-state index in [1.165, 1.54) is 16.4 Å². The SMILES string of the molecule is CC(C)(C)NCc1cc(-c2ccccc2Cl)ns1. The molecule has 0 atom stereocenters. The number of benzene rings is 1. The monoisotopic (exact) mass is 280 g/mol. The van der Waals surface area contributed by atoms with Crippen LogP contribution in [0.1, 0.15) is 25.6 Å². The van der Waals surface area contributed by atoms with Crippen molar-refractivity contribution in [1.82, 2.24) is 9.69 Å². The summed E-state index contributed by atoms with van der Waals surface area (Å²) in [4.78, 5) is 1.22. The molecule has 1 heterocycles. The first-order valence-corrected chi connectivity index (χ1v) is 7.06. The second-order valence-electron chi connectivity index (χ2n) is 5.26. The summed E-state index contributed by atoms with van der Waals surface area (Å²) in [5.41, 5.74) is 2.07. The van der Waals surface area contributed by atoms with E-state index in [9.17, 15) is 0 Å². The lowest BCUT2D eigenvalue weighted by molar-refractivity contribution is 0.426. The molecule has 0 radical (unpaired) electrons. The van der Waals surface area contributed by atoms with Crippen molar-refractivity contribution in [2.24, 2.45) is 0 Å². The number of rotatable bonds is 3. The summed E-state index contributed by atoms with van der Waals surface area (Å²) in [7, 11) is 0. The first-order chi connectivity index (χ1) is 8.46. The number of aromatic nitrogens is 1. The van der Waals surface area contributed by atoms with Crippen LogP contribution in [0.3, 0.4) is 0 Å². The van der Waals surface area contributed by atoms with Crippen LogP contribution in [0.2, 0.25) is 5.02 Å². The van der Waals surface area contributed by atoms with Gasteiger partial charge in [0.05, 0.1) is 5.69 Å². The van der Waals surface area contributed by atoms with Crippen LogP contribution in [0.25, 0.3) is 11.3 Å². The normalized spacial score (nSPS) is 11.8. The molecule has 0 bridgehead atoms. The highest BCUT2D eigenvalue weighted by atomic mass is 35.5. The maximum absolute atomic E-state index is 6.17. The molecule has 1 N–H and O–H groups in total. The molecule has 0 aliphatic carbocycles. The summed E-state index contributed by atoms with van der Waals surface area (Å²) in [5, 5.41) is 4.20. The largest absolute Gasteiger partial charge is 0.307 e. The number of halogens is 1. The number of hydrogen-bond acceptors (Lipinski definition) is 3. The predicted octanol–water partition coefficient (Wildman–Crippen LogP) is 4.35. The van der Waals surface area contributed by atoms with Crippen LogP contribution < -0.4 is 5.32 Å². The van der Waals surface area contributed by atoms with Crippen molar-refractivity contribution in [3.8, 4) is 11.3 Å². The summed E-state index contributed by atoms with van der Waals surface area (Å²) in [6.45, 7) is 7.31. The van der Waals surface area contributed by atoms with Gasteiger partial charge in [-0.05, 0) is 44.4 Å². The van der Waals surface area contributed by atoms with Gasteiger partial charge in [-0.3, -0.25) is 0 Å². The van der Waals surface area contributed by atoms with Crippen LogP contribution in [0.5, 0.6) is 0 Å². The lowest BCUT2D eigenvalue weighted by Crippen LogP contribution is -2.34. The van der Waals surface area contributed by atoms with E-state index in [0.717, 1.165) is 22.8 Å². The van der Waals surface area contributed by atoms with Crippen molar-refractivity contribution in [3.63, 3.8) is 0 Å². The number of nitrogens with zero attached hydrogens (tertiary/aromatic N) is 1. The van der Waals surface area contributed by atoms with Gasteiger partial charge in [-0.1, -0.05) is 29.8 Å². The number of hydrogen-bond donors (Lipinski definition) is 1. The van der Waals surface area contributed by atoms with Crippen molar-refractivity contribution in [1.29, 1.82) is 0 Å². The van der Waals surface area contributed by atoms with Gasteiger partial charge in [0.1, 0.15) is 0 Å². The van der Waals surface area contributed by atoms with Crippen LogP contribution in [-0.4, -0.2) is 9.91 Å². The molecule has 1 aromatic heterocycles. The molecule has 2 rings (SSSR count). The zero-order valence-electron chi connectivity index (χ0n) is 10.8. The summed E-state index contributed by atoms with van der Waals surface area (Å²) in [6, 6.07) is 9.90. The Balaban J connectivity index is 2.14. The zero-order chi connectivity index (χ0) is 13.2. The average molecular weight is 281 g/mol. The molecule has 2 nitrogen and oxygen atoms in total. The van der Waals surface area contributed by atoms with E-state index in [1.54, 1.807) is 0 Å². The minimum absolute atomic E-state index is 0.120. The third-order valence-corrected chi connectivity index (χ3v) is 3.62. The summed E-state index contributed by atoms with van der Waals surface area (Å²) >= 11 is 7.69. The van der Waals surface area contributed by atoms with E-state index in [1.807, 2.05) is 24.3 Å². The fourth-order valence-corrected chi connectivity index (χ4v) is 2.44. The zero-order valence-corrected chi connectivity index (χ0v) is 12.4. The second-order valence-corrected chi connectivity index (χ2v) is 6.56. The van der Waals surface area contributed by atoms with Gasteiger partial charge in [-0.15, -0.1) is 0 Å². The molecule has 0 aliphatic heterocycles. The number of nitrogens with one attached hydrogen (secondary N) is 1. The Hall–Kier alpha value is -0.900. The van der Waals surface area contributed by atoms with Crippen LogP contribution in [0.15, 0.2) is 30.3 Å². The molecule has 2 aromatic rings. The van der Waals surface area contributed by atoms with Gasteiger partial charge in [0.2, 0.25) is 0 Å². The maximum atomic E-state index is 6.17. The predicted molar refractivity (Wildman–Crippen MR) is 79.2 cm³/mol. The lowest BCUT2D eigenvalue weighted by atomic mass is 10.1. The molecule has 0 saturated carbocycles. The fraction of sp³-hybridized carbons (Fsp3) is 0.357. The molecule has 0 aliphatic rings. The first-order valence-electron chi connectivity index (χ1n) is 5.91. The van der Waals surface area contributed by atoms with Crippen molar-refractivity contribution in [3.05, 3.63) is 40.2 Å². The molecule has 0 unspecified atom stereocenters. The third kappa shape index (κ3) is 3.55. The van der Waals surface area contributed by atoms with Crippen LogP contribution in [0.4, 0.5) is 0 Å². The highest BCUT2D eigenvalue weighted by Gasteiger charge is 2.11. The molecule has 0 fully saturated rings. The van der Waals surface area contributed by atoms with Crippen molar-refractivity contribution in [2.45, 2.75) is 32.9 Å². The van der Waals surface area contributed by atoms with Gasteiger partial charge in [0, 0.05) is 27.5 Å². The average Bonchev–Trinajstić information content (AvgIpc) is 2.75. The van der Waals surface area contributed by atoms with Crippen molar-refractivity contribution in [2.75, 3.05) is 0 Å². The van der Waals surface area contributed by atoms with Gasteiger partial charge >= 0.3 is 0 Å². The van der Waals surface area contributed by atoms with Gasteiger partial charge in [0.25, 0.3) is 0 Å². The van der Waals surface area contributed by atoms with Gasteiger partial charge in [-0.25, -0.2) is 0 Å². The molecular weight excluding hydrogens is 264 g/mol. The van der Waals surface area contributed by atoms with E-state index in [4.69, 9.17) is 11.6 Å². The van der Waals surface area contributed by atoms with Crippen LogP contribution in [0, 0.1) is 0 Å². The summed E-state index contributed by atoms with van der Waals surface area (Å²) < 4.78 is 4.47. The molecule has 0 saturated heterocycles. The Morgan fingerprint density at radius 2 is 2.00 bits per heavy atom. The minimum Gasteiger partial charge on any atom is -0.307 e. The Bertz CT molecular complexity index is 529. The van der Waals surface area contributed by atoms with Crippen molar-refractivity contribution < 1.29 is 0 Å². The van der Waals surface area contributed by atoms with E-state index >= 15 is 0 Å². The van der Waals surface area contributed by atoms with E-state index in [-0.39, 0.29) is 5.54 Å². The second kappa shape index (κ2) is 5.39. The molecule has 4 heteroatoms. The first kappa shape index (κ1) is 13.5. The Morgan fingerprint density at radius 3 is 2.67 bits per heavy atom. The fourth-order valence-electron chi connectivity index (χ4n) is 1.54.